The Labute approximate surface area is 132 Å². The molecule has 1 fully saturated rings. The van der Waals surface area contributed by atoms with Crippen LogP contribution in [0, 0.1) is 5.92 Å². The minimum absolute atomic E-state index is 0.0700. The van der Waals surface area contributed by atoms with Crippen LogP contribution in [0.1, 0.15) is 56.3 Å². The number of anilines is 1. The highest BCUT2D eigenvalue weighted by Gasteiger charge is 2.25. The number of nitrogens with zero attached hydrogens (tertiary/aromatic N) is 1. The quantitative estimate of drug-likeness (QED) is 0.835. The van der Waals surface area contributed by atoms with Gasteiger partial charge in [0.2, 0.25) is 5.91 Å². The van der Waals surface area contributed by atoms with Gasteiger partial charge in [0.25, 0.3) is 5.91 Å². The zero-order chi connectivity index (χ0) is 15.9. The molecule has 1 aliphatic rings. The van der Waals surface area contributed by atoms with Crippen molar-refractivity contribution in [2.24, 2.45) is 5.92 Å². The molecule has 0 spiro atoms. The van der Waals surface area contributed by atoms with Gasteiger partial charge >= 0.3 is 0 Å². The fraction of sp³-hybridized carbons (Fsp3) is 0.556. The van der Waals surface area contributed by atoms with E-state index in [1.807, 2.05) is 17.0 Å². The van der Waals surface area contributed by atoms with E-state index in [2.05, 4.69) is 19.2 Å². The number of amides is 2. The standard InChI is InChI=1S/C18H26N2O2/c1-3-12-20(13-4-2)18(22)15-8-10-16(11-9-15)19-17(21)14-6-5-7-14/h8-11,14H,3-7,12-13H2,1-2H3,(H,19,21). The molecule has 120 valence electrons. The Balaban J connectivity index is 1.97. The third kappa shape index (κ3) is 4.09. The molecule has 0 bridgehead atoms. The van der Waals surface area contributed by atoms with Crippen molar-refractivity contribution in [2.45, 2.75) is 46.0 Å². The molecule has 4 nitrogen and oxygen atoms in total. The second-order valence-electron chi connectivity index (χ2n) is 5.99. The molecular weight excluding hydrogens is 276 g/mol. The molecule has 0 saturated heterocycles. The van der Waals surface area contributed by atoms with E-state index in [0.29, 0.717) is 5.56 Å². The number of hydrogen-bond acceptors (Lipinski definition) is 2. The zero-order valence-electron chi connectivity index (χ0n) is 13.6. The van der Waals surface area contributed by atoms with Crippen molar-refractivity contribution in [2.75, 3.05) is 18.4 Å². The van der Waals surface area contributed by atoms with E-state index in [9.17, 15) is 9.59 Å². The molecule has 1 aliphatic carbocycles. The van der Waals surface area contributed by atoms with E-state index in [4.69, 9.17) is 0 Å². The summed E-state index contributed by atoms with van der Waals surface area (Å²) in [4.78, 5) is 26.3. The highest BCUT2D eigenvalue weighted by Crippen LogP contribution is 2.27. The fourth-order valence-electron chi connectivity index (χ4n) is 2.65. The smallest absolute Gasteiger partial charge is 0.253 e. The Bertz CT molecular complexity index is 500. The molecule has 2 amide bonds. The van der Waals surface area contributed by atoms with Crippen LogP contribution in [0.5, 0.6) is 0 Å². The SMILES string of the molecule is CCCN(CCC)C(=O)c1ccc(NC(=O)C2CCC2)cc1. The molecule has 1 aromatic carbocycles. The van der Waals surface area contributed by atoms with Crippen LogP contribution < -0.4 is 5.32 Å². The summed E-state index contributed by atoms with van der Waals surface area (Å²) < 4.78 is 0. The monoisotopic (exact) mass is 302 g/mol. The van der Waals surface area contributed by atoms with E-state index in [1.165, 1.54) is 0 Å². The van der Waals surface area contributed by atoms with Crippen LogP contribution in [-0.2, 0) is 4.79 Å². The largest absolute Gasteiger partial charge is 0.339 e. The van der Waals surface area contributed by atoms with Crippen molar-refractivity contribution in [1.29, 1.82) is 0 Å². The third-order valence-corrected chi connectivity index (χ3v) is 4.15. The van der Waals surface area contributed by atoms with Gasteiger partial charge in [0.15, 0.2) is 0 Å². The van der Waals surface area contributed by atoms with E-state index >= 15 is 0 Å². The number of carbonyl (C=O) groups excluding carboxylic acids is 2. The molecule has 0 unspecified atom stereocenters. The molecule has 0 heterocycles. The Morgan fingerprint density at radius 2 is 1.68 bits per heavy atom. The van der Waals surface area contributed by atoms with Crippen LogP contribution in [0.25, 0.3) is 0 Å². The van der Waals surface area contributed by atoms with E-state index in [-0.39, 0.29) is 17.7 Å². The summed E-state index contributed by atoms with van der Waals surface area (Å²) in [6.45, 7) is 5.73. The summed E-state index contributed by atoms with van der Waals surface area (Å²) in [5, 5.41) is 2.93. The second kappa shape index (κ2) is 7.97. The summed E-state index contributed by atoms with van der Waals surface area (Å²) in [5.74, 6) is 0.343. The maximum absolute atomic E-state index is 12.5. The minimum Gasteiger partial charge on any atom is -0.339 e. The number of hydrogen-bond donors (Lipinski definition) is 1. The third-order valence-electron chi connectivity index (χ3n) is 4.15. The van der Waals surface area contributed by atoms with E-state index in [0.717, 1.165) is 50.9 Å². The summed E-state index contributed by atoms with van der Waals surface area (Å²) in [6, 6.07) is 7.24. The predicted octanol–water partition coefficient (Wildman–Crippen LogP) is 3.69. The van der Waals surface area contributed by atoms with Gasteiger partial charge in [0.1, 0.15) is 0 Å². The molecule has 0 aliphatic heterocycles. The zero-order valence-corrected chi connectivity index (χ0v) is 13.6. The summed E-state index contributed by atoms with van der Waals surface area (Å²) >= 11 is 0. The highest BCUT2D eigenvalue weighted by molar-refractivity contribution is 5.96. The first-order chi connectivity index (χ1) is 10.7. The van der Waals surface area contributed by atoms with E-state index in [1.54, 1.807) is 12.1 Å². The Morgan fingerprint density at radius 3 is 2.14 bits per heavy atom. The second-order valence-corrected chi connectivity index (χ2v) is 5.99. The van der Waals surface area contributed by atoms with Gasteiger partial charge in [0.05, 0.1) is 0 Å². The van der Waals surface area contributed by atoms with Gasteiger partial charge in [-0.15, -0.1) is 0 Å². The van der Waals surface area contributed by atoms with Gasteiger partial charge in [-0.25, -0.2) is 0 Å². The number of carbonyl (C=O) groups is 2. The minimum atomic E-state index is 0.0700. The lowest BCUT2D eigenvalue weighted by Crippen LogP contribution is -2.32. The van der Waals surface area contributed by atoms with Crippen LogP contribution in [0.3, 0.4) is 0 Å². The first kappa shape index (κ1) is 16.5. The Kier molecular flexibility index (Phi) is 5.99. The predicted molar refractivity (Wildman–Crippen MR) is 88.9 cm³/mol. The molecule has 0 aromatic heterocycles. The topological polar surface area (TPSA) is 49.4 Å². The van der Waals surface area contributed by atoms with Crippen molar-refractivity contribution < 1.29 is 9.59 Å². The fourth-order valence-corrected chi connectivity index (χ4v) is 2.65. The Morgan fingerprint density at radius 1 is 1.09 bits per heavy atom. The molecule has 1 saturated carbocycles. The lowest BCUT2D eigenvalue weighted by Gasteiger charge is -2.24. The number of rotatable bonds is 7. The maximum atomic E-state index is 12.5. The summed E-state index contributed by atoms with van der Waals surface area (Å²) in [5.41, 5.74) is 1.45. The summed E-state index contributed by atoms with van der Waals surface area (Å²) in [6.07, 6.45) is 5.05. The molecule has 1 aromatic rings. The van der Waals surface area contributed by atoms with Gasteiger partial charge < -0.3 is 10.2 Å². The lowest BCUT2D eigenvalue weighted by atomic mass is 9.85. The normalized spacial score (nSPS) is 14.3. The van der Waals surface area contributed by atoms with Gasteiger partial charge in [-0.05, 0) is 49.9 Å². The lowest BCUT2D eigenvalue weighted by molar-refractivity contribution is -0.122. The van der Waals surface area contributed by atoms with Crippen LogP contribution in [0.4, 0.5) is 5.69 Å². The molecule has 1 N–H and O–H groups in total. The average Bonchev–Trinajstić information content (AvgIpc) is 2.45. The van der Waals surface area contributed by atoms with Gasteiger partial charge in [-0.2, -0.15) is 0 Å². The molecular formula is C18H26N2O2. The van der Waals surface area contributed by atoms with E-state index < -0.39 is 0 Å². The highest BCUT2D eigenvalue weighted by atomic mass is 16.2. The van der Waals surface area contributed by atoms with Crippen LogP contribution in [-0.4, -0.2) is 29.8 Å². The van der Waals surface area contributed by atoms with Gasteiger partial charge in [-0.3, -0.25) is 9.59 Å². The number of benzene rings is 1. The van der Waals surface area contributed by atoms with Crippen molar-refractivity contribution >= 4 is 17.5 Å². The molecule has 2 rings (SSSR count). The van der Waals surface area contributed by atoms with Crippen molar-refractivity contribution in [1.82, 2.24) is 4.90 Å². The van der Waals surface area contributed by atoms with Crippen LogP contribution in [0.15, 0.2) is 24.3 Å². The van der Waals surface area contributed by atoms with Crippen LogP contribution >= 0.6 is 0 Å². The summed E-state index contributed by atoms with van der Waals surface area (Å²) in [7, 11) is 0. The molecule has 0 atom stereocenters. The molecule has 4 heteroatoms. The van der Waals surface area contributed by atoms with Crippen molar-refractivity contribution in [3.63, 3.8) is 0 Å². The van der Waals surface area contributed by atoms with Crippen molar-refractivity contribution in [3.05, 3.63) is 29.8 Å². The molecule has 22 heavy (non-hydrogen) atoms. The van der Waals surface area contributed by atoms with Crippen molar-refractivity contribution in [3.8, 4) is 0 Å². The first-order valence-electron chi connectivity index (χ1n) is 8.36. The first-order valence-corrected chi connectivity index (χ1v) is 8.36. The maximum Gasteiger partial charge on any atom is 0.253 e. The Hall–Kier alpha value is -1.84. The van der Waals surface area contributed by atoms with Gasteiger partial charge in [-0.1, -0.05) is 20.3 Å². The van der Waals surface area contributed by atoms with Gasteiger partial charge in [0, 0.05) is 30.3 Å². The average molecular weight is 302 g/mol. The van der Waals surface area contributed by atoms with Crippen LogP contribution in [0.2, 0.25) is 0 Å². The number of nitrogens with one attached hydrogen (secondary N) is 1. The molecule has 0 radical (unpaired) electrons.